The number of carbonyl (C=O) groups is 3. The van der Waals surface area contributed by atoms with Gasteiger partial charge in [-0.05, 0) is 17.4 Å². The van der Waals surface area contributed by atoms with Crippen LogP contribution in [0, 0.1) is 5.92 Å². The smallest absolute Gasteiger partial charge is 0.322 e. The molecule has 0 spiro atoms. The van der Waals surface area contributed by atoms with Crippen LogP contribution in [0.5, 0.6) is 0 Å². The van der Waals surface area contributed by atoms with Gasteiger partial charge < -0.3 is 15.7 Å². The van der Waals surface area contributed by atoms with Gasteiger partial charge in [0.15, 0.2) is 0 Å². The number of nitrogens with one attached hydrogen (secondary N) is 2. The molecule has 1 aromatic rings. The Labute approximate surface area is 114 Å². The van der Waals surface area contributed by atoms with Crippen molar-refractivity contribution in [3.8, 4) is 0 Å². The Bertz CT molecular complexity index is 456. The molecule has 1 aromatic heterocycles. The monoisotopic (exact) mass is 284 g/mol. The molecule has 6 nitrogen and oxygen atoms in total. The molecule has 0 aliphatic heterocycles. The minimum Gasteiger partial charge on any atom is -0.480 e. The first-order valence-electron chi connectivity index (χ1n) is 5.75. The van der Waals surface area contributed by atoms with Gasteiger partial charge in [0.25, 0.3) is 5.91 Å². The number of hydrogen-bond donors (Lipinski definition) is 3. The van der Waals surface area contributed by atoms with Gasteiger partial charge >= 0.3 is 5.97 Å². The molecule has 2 amide bonds. The SMILES string of the molecule is CC(C)C(NC(=O)c1cccs1)C(=O)NCC(=O)O. The molecular formula is C12H16N2O4S. The van der Waals surface area contributed by atoms with Gasteiger partial charge in [0.2, 0.25) is 5.91 Å². The van der Waals surface area contributed by atoms with E-state index in [1.54, 1.807) is 31.4 Å². The molecule has 1 rings (SSSR count). The van der Waals surface area contributed by atoms with Crippen molar-refractivity contribution in [2.45, 2.75) is 19.9 Å². The van der Waals surface area contributed by atoms with Gasteiger partial charge in [-0.15, -0.1) is 11.3 Å². The molecule has 0 aliphatic rings. The lowest BCUT2D eigenvalue weighted by atomic mass is 10.0. The average molecular weight is 284 g/mol. The van der Waals surface area contributed by atoms with Crippen LogP contribution in [0.15, 0.2) is 17.5 Å². The first-order valence-corrected chi connectivity index (χ1v) is 6.63. The fraction of sp³-hybridized carbons (Fsp3) is 0.417. The average Bonchev–Trinajstić information content (AvgIpc) is 2.86. The van der Waals surface area contributed by atoms with Gasteiger partial charge in [0, 0.05) is 0 Å². The molecule has 0 fully saturated rings. The van der Waals surface area contributed by atoms with E-state index in [9.17, 15) is 14.4 Å². The summed E-state index contributed by atoms with van der Waals surface area (Å²) >= 11 is 1.28. The van der Waals surface area contributed by atoms with Gasteiger partial charge in [-0.2, -0.15) is 0 Å². The van der Waals surface area contributed by atoms with E-state index in [-0.39, 0.29) is 11.8 Å². The molecule has 1 heterocycles. The van der Waals surface area contributed by atoms with Crippen molar-refractivity contribution < 1.29 is 19.5 Å². The van der Waals surface area contributed by atoms with E-state index in [1.165, 1.54) is 11.3 Å². The number of carboxylic acids is 1. The molecule has 0 radical (unpaired) electrons. The summed E-state index contributed by atoms with van der Waals surface area (Å²) in [6.45, 7) is 3.09. The lowest BCUT2D eigenvalue weighted by molar-refractivity contribution is -0.138. The number of hydrogen-bond acceptors (Lipinski definition) is 4. The second-order valence-electron chi connectivity index (χ2n) is 4.28. The van der Waals surface area contributed by atoms with E-state index >= 15 is 0 Å². The molecule has 0 aliphatic carbocycles. The predicted octanol–water partition coefficient (Wildman–Crippen LogP) is 0.703. The fourth-order valence-corrected chi connectivity index (χ4v) is 2.05. The van der Waals surface area contributed by atoms with Crippen LogP contribution < -0.4 is 10.6 Å². The highest BCUT2D eigenvalue weighted by Gasteiger charge is 2.25. The Balaban J connectivity index is 2.65. The molecule has 0 bridgehead atoms. The van der Waals surface area contributed by atoms with E-state index < -0.39 is 24.5 Å². The Kier molecular flexibility index (Phi) is 5.50. The summed E-state index contributed by atoms with van der Waals surface area (Å²) in [5.74, 6) is -2.10. The fourth-order valence-electron chi connectivity index (χ4n) is 1.43. The molecule has 0 saturated heterocycles. The van der Waals surface area contributed by atoms with Crippen LogP contribution >= 0.6 is 11.3 Å². The van der Waals surface area contributed by atoms with Gasteiger partial charge in [-0.1, -0.05) is 19.9 Å². The van der Waals surface area contributed by atoms with Gasteiger partial charge in [-0.3, -0.25) is 14.4 Å². The molecule has 7 heteroatoms. The summed E-state index contributed by atoms with van der Waals surface area (Å²) in [7, 11) is 0. The Morgan fingerprint density at radius 3 is 2.53 bits per heavy atom. The van der Waals surface area contributed by atoms with Crippen LogP contribution in [0.1, 0.15) is 23.5 Å². The van der Waals surface area contributed by atoms with Crippen molar-refractivity contribution in [1.82, 2.24) is 10.6 Å². The lowest BCUT2D eigenvalue weighted by Gasteiger charge is -2.20. The van der Waals surface area contributed by atoms with Crippen LogP contribution in [0.4, 0.5) is 0 Å². The van der Waals surface area contributed by atoms with Gasteiger partial charge in [0.1, 0.15) is 12.6 Å². The zero-order valence-electron chi connectivity index (χ0n) is 10.7. The Morgan fingerprint density at radius 2 is 2.05 bits per heavy atom. The maximum absolute atomic E-state index is 11.9. The van der Waals surface area contributed by atoms with Crippen molar-refractivity contribution in [2.75, 3.05) is 6.54 Å². The number of amides is 2. The first kappa shape index (κ1) is 15.2. The highest BCUT2D eigenvalue weighted by atomic mass is 32.1. The third-order valence-corrected chi connectivity index (χ3v) is 3.26. The Morgan fingerprint density at radius 1 is 1.37 bits per heavy atom. The zero-order chi connectivity index (χ0) is 14.4. The lowest BCUT2D eigenvalue weighted by Crippen LogP contribution is -2.50. The van der Waals surface area contributed by atoms with Crippen LogP contribution in [-0.2, 0) is 9.59 Å². The summed E-state index contributed by atoms with van der Waals surface area (Å²) in [4.78, 5) is 34.6. The quantitative estimate of drug-likeness (QED) is 0.716. The van der Waals surface area contributed by atoms with E-state index in [0.717, 1.165) is 0 Å². The van der Waals surface area contributed by atoms with Crippen molar-refractivity contribution in [2.24, 2.45) is 5.92 Å². The summed E-state index contributed by atoms with van der Waals surface area (Å²) in [5.41, 5.74) is 0. The second kappa shape index (κ2) is 6.89. The maximum Gasteiger partial charge on any atom is 0.322 e. The first-order chi connectivity index (χ1) is 8.91. The number of aliphatic carboxylic acids is 1. The molecule has 104 valence electrons. The maximum atomic E-state index is 11.9. The summed E-state index contributed by atoms with van der Waals surface area (Å²) in [6.07, 6.45) is 0. The van der Waals surface area contributed by atoms with E-state index in [0.29, 0.717) is 4.88 Å². The predicted molar refractivity (Wildman–Crippen MR) is 71.1 cm³/mol. The topological polar surface area (TPSA) is 95.5 Å². The van der Waals surface area contributed by atoms with Crippen LogP contribution in [-0.4, -0.2) is 35.5 Å². The Hall–Kier alpha value is -1.89. The standard InChI is InChI=1S/C12H16N2O4S/c1-7(2)10(12(18)13-6-9(15)16)14-11(17)8-4-3-5-19-8/h3-5,7,10H,6H2,1-2H3,(H,13,18)(H,14,17)(H,15,16). The third-order valence-electron chi connectivity index (χ3n) is 2.39. The molecule has 0 aromatic carbocycles. The highest BCUT2D eigenvalue weighted by Crippen LogP contribution is 2.10. The molecule has 0 saturated carbocycles. The molecular weight excluding hydrogens is 268 g/mol. The number of rotatable bonds is 6. The summed E-state index contributed by atoms with van der Waals surface area (Å²) in [5, 5.41) is 15.2. The van der Waals surface area contributed by atoms with E-state index in [2.05, 4.69) is 10.6 Å². The van der Waals surface area contributed by atoms with Crippen molar-refractivity contribution in [3.05, 3.63) is 22.4 Å². The summed E-state index contributed by atoms with van der Waals surface area (Å²) < 4.78 is 0. The van der Waals surface area contributed by atoms with Gasteiger partial charge in [-0.25, -0.2) is 0 Å². The molecule has 19 heavy (non-hydrogen) atoms. The normalized spacial score (nSPS) is 11.9. The highest BCUT2D eigenvalue weighted by molar-refractivity contribution is 7.12. The van der Waals surface area contributed by atoms with E-state index in [4.69, 9.17) is 5.11 Å². The van der Waals surface area contributed by atoms with Crippen LogP contribution in [0.25, 0.3) is 0 Å². The van der Waals surface area contributed by atoms with Crippen LogP contribution in [0.2, 0.25) is 0 Å². The third kappa shape index (κ3) is 4.70. The summed E-state index contributed by atoms with van der Waals surface area (Å²) in [6, 6.07) is 2.65. The van der Waals surface area contributed by atoms with Crippen LogP contribution in [0.3, 0.4) is 0 Å². The van der Waals surface area contributed by atoms with Crippen molar-refractivity contribution in [3.63, 3.8) is 0 Å². The minimum absolute atomic E-state index is 0.141. The molecule has 3 N–H and O–H groups in total. The molecule has 1 unspecified atom stereocenters. The second-order valence-corrected chi connectivity index (χ2v) is 5.23. The number of thiophene rings is 1. The minimum atomic E-state index is -1.12. The van der Waals surface area contributed by atoms with Gasteiger partial charge in [0.05, 0.1) is 4.88 Å². The largest absolute Gasteiger partial charge is 0.480 e. The van der Waals surface area contributed by atoms with Crippen molar-refractivity contribution in [1.29, 1.82) is 0 Å². The number of carboxylic acid groups (broad SMARTS) is 1. The van der Waals surface area contributed by atoms with E-state index in [1.807, 2.05) is 0 Å². The molecule has 1 atom stereocenters. The zero-order valence-corrected chi connectivity index (χ0v) is 11.5. The van der Waals surface area contributed by atoms with Crippen molar-refractivity contribution >= 4 is 29.1 Å². The number of carbonyl (C=O) groups excluding carboxylic acids is 2.